The van der Waals surface area contributed by atoms with E-state index in [1.54, 1.807) is 18.2 Å². The number of carboxylic acid groups (broad SMARTS) is 1. The summed E-state index contributed by atoms with van der Waals surface area (Å²) in [4.78, 5) is 37.1. The van der Waals surface area contributed by atoms with Crippen molar-refractivity contribution in [2.45, 2.75) is 24.5 Å². The highest BCUT2D eigenvalue weighted by molar-refractivity contribution is 5.84. The van der Waals surface area contributed by atoms with E-state index in [4.69, 9.17) is 0 Å². The van der Waals surface area contributed by atoms with Gasteiger partial charge in [-0.15, -0.1) is 0 Å². The number of carbonyl (C=O) groups is 2. The number of hydrogen-bond donors (Lipinski definition) is 3. The monoisotopic (exact) mass is 439 g/mol. The molecule has 3 N–H and O–H groups in total. The van der Waals surface area contributed by atoms with Crippen LogP contribution in [0, 0.1) is 11.6 Å². The first-order valence-electron chi connectivity index (χ1n) is 9.85. The lowest BCUT2D eigenvalue weighted by atomic mass is 10.0. The van der Waals surface area contributed by atoms with Gasteiger partial charge in [-0.05, 0) is 29.7 Å². The molecule has 1 unspecified atom stereocenters. The number of nitrogens with zero attached hydrogens (tertiary/aromatic N) is 1. The second kappa shape index (κ2) is 8.62. The van der Waals surface area contributed by atoms with Crippen molar-refractivity contribution in [2.24, 2.45) is 0 Å². The van der Waals surface area contributed by atoms with Gasteiger partial charge < -0.3 is 15.7 Å². The Labute approximate surface area is 181 Å². The van der Waals surface area contributed by atoms with E-state index in [1.165, 1.54) is 24.4 Å². The molecule has 1 heterocycles. The van der Waals surface area contributed by atoms with E-state index in [0.29, 0.717) is 12.5 Å². The van der Waals surface area contributed by atoms with Crippen molar-refractivity contribution in [3.05, 3.63) is 106 Å². The minimum absolute atomic E-state index is 0.185. The molecule has 32 heavy (non-hydrogen) atoms. The molecule has 3 atom stereocenters. The molecule has 4 rings (SSSR count). The molecular weight excluding hydrogens is 420 g/mol. The summed E-state index contributed by atoms with van der Waals surface area (Å²) in [6.45, 7) is 0. The molecule has 2 aromatic carbocycles. The largest absolute Gasteiger partial charge is 0.465 e. The second-order valence-electron chi connectivity index (χ2n) is 7.46. The Hall–Kier alpha value is -4.01. The van der Waals surface area contributed by atoms with Gasteiger partial charge in [0.2, 0.25) is 5.91 Å². The average Bonchev–Trinajstić information content (AvgIpc) is 3.07. The highest BCUT2D eigenvalue weighted by atomic mass is 19.1. The number of pyridine rings is 1. The van der Waals surface area contributed by atoms with Gasteiger partial charge >= 0.3 is 6.09 Å². The molecule has 3 aromatic rings. The summed E-state index contributed by atoms with van der Waals surface area (Å²) in [5, 5.41) is 14.4. The molecule has 0 aliphatic heterocycles. The predicted octanol–water partition coefficient (Wildman–Crippen LogP) is 2.77. The van der Waals surface area contributed by atoms with Crippen LogP contribution in [0.4, 0.5) is 13.6 Å². The number of nitrogens with one attached hydrogen (secondary N) is 2. The van der Waals surface area contributed by atoms with E-state index in [1.807, 2.05) is 6.07 Å². The Balaban J connectivity index is 1.71. The predicted molar refractivity (Wildman–Crippen MR) is 111 cm³/mol. The minimum Gasteiger partial charge on any atom is -0.465 e. The highest BCUT2D eigenvalue weighted by Gasteiger charge is 2.37. The summed E-state index contributed by atoms with van der Waals surface area (Å²) in [6, 6.07) is 11.3. The fourth-order valence-corrected chi connectivity index (χ4v) is 4.10. The minimum atomic E-state index is -1.42. The maximum Gasteiger partial charge on any atom is 0.405 e. The lowest BCUT2D eigenvalue weighted by Crippen LogP contribution is -2.47. The van der Waals surface area contributed by atoms with Crippen LogP contribution in [0.15, 0.2) is 71.7 Å². The summed E-state index contributed by atoms with van der Waals surface area (Å²) in [5.74, 6) is -2.52. The van der Waals surface area contributed by atoms with Crippen molar-refractivity contribution in [3.63, 3.8) is 0 Å². The Morgan fingerprint density at radius 2 is 1.78 bits per heavy atom. The molecule has 1 aromatic heterocycles. The second-order valence-corrected chi connectivity index (χ2v) is 7.46. The molecule has 0 saturated heterocycles. The number of halogens is 2. The molecule has 0 saturated carbocycles. The number of fused-ring (bicyclic) bond motifs is 1. The third-order valence-corrected chi connectivity index (χ3v) is 5.47. The molecule has 0 radical (unpaired) electrons. The molecule has 1 aliphatic rings. The highest BCUT2D eigenvalue weighted by Crippen LogP contribution is 2.32. The summed E-state index contributed by atoms with van der Waals surface area (Å²) in [7, 11) is 0. The van der Waals surface area contributed by atoms with Crippen molar-refractivity contribution in [1.29, 1.82) is 0 Å². The fraction of sp³-hybridized carbons (Fsp3) is 0.174. The lowest BCUT2D eigenvalue weighted by molar-refractivity contribution is -0.124. The average molecular weight is 439 g/mol. The number of amides is 2. The van der Waals surface area contributed by atoms with Crippen LogP contribution in [0.2, 0.25) is 0 Å². The number of benzene rings is 2. The molecule has 1 aliphatic carbocycles. The van der Waals surface area contributed by atoms with Gasteiger partial charge in [0.05, 0.1) is 12.1 Å². The zero-order valence-electron chi connectivity index (χ0n) is 16.7. The quantitative estimate of drug-likeness (QED) is 0.569. The third-order valence-electron chi connectivity index (χ3n) is 5.47. The smallest absolute Gasteiger partial charge is 0.405 e. The van der Waals surface area contributed by atoms with E-state index in [9.17, 15) is 28.3 Å². The standard InChI is InChI=1S/C23H19F2N3O4/c24-14-8-9-16(17(25)12-14)21(28-10-4-3-7-19(28)29)22(30)26-18-11-13-5-1-2-6-15(13)20(18)27-23(31)32/h1-10,12,18,20-21,27H,11H2,(H,26,30)(H,31,32)/t18-,20-,21?/m0/s1. The molecule has 164 valence electrons. The first-order chi connectivity index (χ1) is 15.3. The van der Waals surface area contributed by atoms with Gasteiger partial charge in [0.15, 0.2) is 0 Å². The van der Waals surface area contributed by atoms with Crippen LogP contribution < -0.4 is 16.2 Å². The summed E-state index contributed by atoms with van der Waals surface area (Å²) >= 11 is 0. The normalized spacial score (nSPS) is 17.9. The molecule has 0 bridgehead atoms. The summed E-state index contributed by atoms with van der Waals surface area (Å²) in [6.07, 6.45) is 0.423. The van der Waals surface area contributed by atoms with Gasteiger partial charge in [-0.1, -0.05) is 36.4 Å². The van der Waals surface area contributed by atoms with Gasteiger partial charge in [0, 0.05) is 23.9 Å². The Kier molecular flexibility index (Phi) is 5.72. The van der Waals surface area contributed by atoms with E-state index < -0.39 is 47.3 Å². The van der Waals surface area contributed by atoms with E-state index in [2.05, 4.69) is 10.6 Å². The van der Waals surface area contributed by atoms with Gasteiger partial charge in [0.1, 0.15) is 17.7 Å². The van der Waals surface area contributed by atoms with E-state index in [-0.39, 0.29) is 5.56 Å². The van der Waals surface area contributed by atoms with Crippen molar-refractivity contribution >= 4 is 12.0 Å². The zero-order valence-corrected chi connectivity index (χ0v) is 16.7. The maximum absolute atomic E-state index is 14.6. The summed E-state index contributed by atoms with van der Waals surface area (Å²) in [5.41, 5.74) is 0.848. The Bertz CT molecular complexity index is 1240. The van der Waals surface area contributed by atoms with Crippen LogP contribution in [0.25, 0.3) is 0 Å². The lowest BCUT2D eigenvalue weighted by Gasteiger charge is -2.26. The fourth-order valence-electron chi connectivity index (χ4n) is 4.10. The number of hydrogen-bond acceptors (Lipinski definition) is 3. The molecule has 0 spiro atoms. The molecule has 0 fully saturated rings. The first kappa shape index (κ1) is 21.2. The van der Waals surface area contributed by atoms with Crippen LogP contribution >= 0.6 is 0 Å². The van der Waals surface area contributed by atoms with Crippen molar-refractivity contribution in [2.75, 3.05) is 0 Å². The van der Waals surface area contributed by atoms with Gasteiger partial charge in [-0.25, -0.2) is 13.6 Å². The van der Waals surface area contributed by atoms with E-state index in [0.717, 1.165) is 27.8 Å². The van der Waals surface area contributed by atoms with E-state index >= 15 is 0 Å². The third kappa shape index (κ3) is 4.09. The van der Waals surface area contributed by atoms with Crippen molar-refractivity contribution in [3.8, 4) is 0 Å². The van der Waals surface area contributed by atoms with Crippen LogP contribution in [0.5, 0.6) is 0 Å². The van der Waals surface area contributed by atoms with Gasteiger partial charge in [-0.3, -0.25) is 14.2 Å². The molecule has 2 amide bonds. The van der Waals surface area contributed by atoms with Crippen LogP contribution in [-0.2, 0) is 11.2 Å². The topological polar surface area (TPSA) is 100 Å². The van der Waals surface area contributed by atoms with Gasteiger partial charge in [-0.2, -0.15) is 0 Å². The first-order valence-corrected chi connectivity index (χ1v) is 9.85. The Morgan fingerprint density at radius 1 is 1.03 bits per heavy atom. The molecule has 9 heteroatoms. The number of aromatic nitrogens is 1. The number of rotatable bonds is 5. The van der Waals surface area contributed by atoms with Crippen LogP contribution in [0.1, 0.15) is 28.8 Å². The van der Waals surface area contributed by atoms with Crippen LogP contribution in [-0.4, -0.2) is 27.7 Å². The zero-order chi connectivity index (χ0) is 22.8. The SMILES string of the molecule is O=C(O)N[C@H]1c2ccccc2C[C@@H]1NC(=O)C(c1ccc(F)cc1F)n1ccccc1=O. The molecule has 7 nitrogen and oxygen atoms in total. The van der Waals surface area contributed by atoms with Crippen molar-refractivity contribution in [1.82, 2.24) is 15.2 Å². The summed E-state index contributed by atoms with van der Waals surface area (Å²) < 4.78 is 29.2. The molecular formula is C23H19F2N3O4. The van der Waals surface area contributed by atoms with Crippen LogP contribution in [0.3, 0.4) is 0 Å². The Morgan fingerprint density at radius 3 is 2.50 bits per heavy atom. The van der Waals surface area contributed by atoms with Crippen molar-refractivity contribution < 1.29 is 23.5 Å². The number of carbonyl (C=O) groups excluding carboxylic acids is 1. The maximum atomic E-state index is 14.6. The van der Waals surface area contributed by atoms with Gasteiger partial charge in [0.25, 0.3) is 5.56 Å².